The first-order valence-electron chi connectivity index (χ1n) is 5.50. The average Bonchev–Trinajstić information content (AvgIpc) is 2.64. The van der Waals surface area contributed by atoms with Crippen molar-refractivity contribution in [2.24, 2.45) is 0 Å². The largest absolute Gasteiger partial charge is 0.390 e. The maximum Gasteiger partial charge on any atom is 0.0831 e. The summed E-state index contributed by atoms with van der Waals surface area (Å²) in [4.78, 5) is 2.20. The minimum Gasteiger partial charge on any atom is -0.390 e. The van der Waals surface area contributed by atoms with Crippen LogP contribution in [-0.4, -0.2) is 42.3 Å². The van der Waals surface area contributed by atoms with Crippen molar-refractivity contribution in [1.29, 1.82) is 0 Å². The van der Waals surface area contributed by atoms with Gasteiger partial charge in [-0.25, -0.2) is 0 Å². The molecule has 0 saturated carbocycles. The van der Waals surface area contributed by atoms with Crippen LogP contribution >= 0.6 is 15.9 Å². The van der Waals surface area contributed by atoms with Gasteiger partial charge in [0.1, 0.15) is 0 Å². The Kier molecular flexibility index (Phi) is 3.97. The molecule has 1 fully saturated rings. The summed E-state index contributed by atoms with van der Waals surface area (Å²) in [6.45, 7) is 2.43. The zero-order valence-corrected chi connectivity index (χ0v) is 10.9. The van der Waals surface area contributed by atoms with Gasteiger partial charge in [-0.3, -0.25) is 4.90 Å². The molecule has 3 nitrogen and oxygen atoms in total. The summed E-state index contributed by atoms with van der Waals surface area (Å²) in [7, 11) is 2.06. The fourth-order valence-electron chi connectivity index (χ4n) is 2.14. The minimum absolute atomic E-state index is 0.221. The molecule has 1 saturated heterocycles. The molecular weight excluding hydrogens is 268 g/mol. The van der Waals surface area contributed by atoms with Gasteiger partial charge in [0.25, 0.3) is 0 Å². The maximum atomic E-state index is 9.78. The standard InChI is InChI=1S/C12H17BrN2O/c1-15(11-6-14-7-12(11)16)8-9-3-2-4-10(13)5-9/h2-5,11-12,14,16H,6-8H2,1H3. The number of rotatable bonds is 3. The molecule has 1 aromatic carbocycles. The summed E-state index contributed by atoms with van der Waals surface area (Å²) in [5.74, 6) is 0. The van der Waals surface area contributed by atoms with Crippen LogP contribution in [-0.2, 0) is 6.54 Å². The number of aliphatic hydroxyl groups excluding tert-OH is 1. The SMILES string of the molecule is CN(Cc1cccc(Br)c1)C1CNCC1O. The number of nitrogens with zero attached hydrogens (tertiary/aromatic N) is 1. The first kappa shape index (κ1) is 12.0. The van der Waals surface area contributed by atoms with E-state index < -0.39 is 0 Å². The quantitative estimate of drug-likeness (QED) is 0.876. The fraction of sp³-hybridized carbons (Fsp3) is 0.500. The van der Waals surface area contributed by atoms with Crippen LogP contribution in [0.3, 0.4) is 0 Å². The Morgan fingerprint density at radius 3 is 2.94 bits per heavy atom. The molecule has 2 N–H and O–H groups in total. The molecule has 0 spiro atoms. The molecule has 1 heterocycles. The number of β-amino-alcohol motifs (C(OH)–C–C–N with tert-alkyl or cyclic N) is 1. The number of nitrogens with one attached hydrogen (secondary N) is 1. The highest BCUT2D eigenvalue weighted by atomic mass is 79.9. The molecular formula is C12H17BrN2O. The Hall–Kier alpha value is -0.420. The Labute approximate surface area is 105 Å². The lowest BCUT2D eigenvalue weighted by molar-refractivity contribution is 0.0955. The summed E-state index contributed by atoms with van der Waals surface area (Å²) < 4.78 is 1.10. The third-order valence-corrected chi connectivity index (χ3v) is 3.53. The van der Waals surface area contributed by atoms with Gasteiger partial charge in [0.2, 0.25) is 0 Å². The predicted octanol–water partition coefficient (Wildman–Crippen LogP) is 1.21. The van der Waals surface area contributed by atoms with Crippen molar-refractivity contribution in [3.8, 4) is 0 Å². The molecule has 1 aliphatic heterocycles. The Morgan fingerprint density at radius 2 is 2.31 bits per heavy atom. The topological polar surface area (TPSA) is 35.5 Å². The molecule has 0 aromatic heterocycles. The normalized spacial score (nSPS) is 25.2. The van der Waals surface area contributed by atoms with E-state index >= 15 is 0 Å². The Bertz CT molecular complexity index is 359. The zero-order chi connectivity index (χ0) is 11.5. The van der Waals surface area contributed by atoms with Gasteiger partial charge in [-0.05, 0) is 24.7 Å². The van der Waals surface area contributed by atoms with E-state index in [-0.39, 0.29) is 12.1 Å². The lowest BCUT2D eigenvalue weighted by Crippen LogP contribution is -2.40. The highest BCUT2D eigenvalue weighted by Crippen LogP contribution is 2.15. The lowest BCUT2D eigenvalue weighted by Gasteiger charge is -2.26. The average molecular weight is 285 g/mol. The highest BCUT2D eigenvalue weighted by Gasteiger charge is 2.28. The predicted molar refractivity (Wildman–Crippen MR) is 68.3 cm³/mol. The van der Waals surface area contributed by atoms with Gasteiger partial charge in [-0.15, -0.1) is 0 Å². The van der Waals surface area contributed by atoms with Crippen LogP contribution in [0.25, 0.3) is 0 Å². The van der Waals surface area contributed by atoms with Crippen LogP contribution in [0, 0.1) is 0 Å². The monoisotopic (exact) mass is 284 g/mol. The second-order valence-corrected chi connectivity index (χ2v) is 5.25. The highest BCUT2D eigenvalue weighted by molar-refractivity contribution is 9.10. The van der Waals surface area contributed by atoms with Gasteiger partial charge >= 0.3 is 0 Å². The van der Waals surface area contributed by atoms with E-state index in [1.807, 2.05) is 12.1 Å². The fourth-order valence-corrected chi connectivity index (χ4v) is 2.59. The number of benzene rings is 1. The molecule has 16 heavy (non-hydrogen) atoms. The van der Waals surface area contributed by atoms with E-state index in [1.165, 1.54) is 5.56 Å². The second-order valence-electron chi connectivity index (χ2n) is 4.34. The minimum atomic E-state index is -0.253. The Morgan fingerprint density at radius 1 is 1.50 bits per heavy atom. The van der Waals surface area contributed by atoms with Crippen molar-refractivity contribution >= 4 is 15.9 Å². The van der Waals surface area contributed by atoms with Crippen molar-refractivity contribution in [3.05, 3.63) is 34.3 Å². The van der Waals surface area contributed by atoms with E-state index in [0.717, 1.165) is 17.6 Å². The van der Waals surface area contributed by atoms with Crippen LogP contribution in [0.5, 0.6) is 0 Å². The van der Waals surface area contributed by atoms with E-state index in [4.69, 9.17) is 0 Å². The molecule has 0 aliphatic carbocycles. The lowest BCUT2D eigenvalue weighted by atomic mass is 10.1. The molecule has 2 unspecified atom stereocenters. The van der Waals surface area contributed by atoms with Crippen molar-refractivity contribution in [3.63, 3.8) is 0 Å². The van der Waals surface area contributed by atoms with Crippen molar-refractivity contribution in [2.75, 3.05) is 20.1 Å². The first-order chi connectivity index (χ1) is 7.66. The number of hydrogen-bond donors (Lipinski definition) is 2. The van der Waals surface area contributed by atoms with E-state index in [0.29, 0.717) is 6.54 Å². The summed E-state index contributed by atoms with van der Waals surface area (Å²) in [6, 6.07) is 8.51. The van der Waals surface area contributed by atoms with Crippen LogP contribution in [0.4, 0.5) is 0 Å². The zero-order valence-electron chi connectivity index (χ0n) is 9.36. The second kappa shape index (κ2) is 5.27. The first-order valence-corrected chi connectivity index (χ1v) is 6.29. The van der Waals surface area contributed by atoms with E-state index in [1.54, 1.807) is 0 Å². The smallest absolute Gasteiger partial charge is 0.0831 e. The van der Waals surface area contributed by atoms with Gasteiger partial charge in [0.05, 0.1) is 6.10 Å². The van der Waals surface area contributed by atoms with Crippen molar-refractivity contribution in [2.45, 2.75) is 18.7 Å². The molecule has 1 aromatic rings. The van der Waals surface area contributed by atoms with Gasteiger partial charge < -0.3 is 10.4 Å². The molecule has 0 radical (unpaired) electrons. The molecule has 0 bridgehead atoms. The summed E-state index contributed by atoms with van der Waals surface area (Å²) in [5.41, 5.74) is 1.26. The number of halogens is 1. The third-order valence-electron chi connectivity index (χ3n) is 3.04. The molecule has 2 rings (SSSR count). The van der Waals surface area contributed by atoms with Gasteiger partial charge in [0.15, 0.2) is 0 Å². The summed E-state index contributed by atoms with van der Waals surface area (Å²) in [5, 5.41) is 13.0. The van der Waals surface area contributed by atoms with Crippen LogP contribution in [0.2, 0.25) is 0 Å². The van der Waals surface area contributed by atoms with E-state index in [9.17, 15) is 5.11 Å². The van der Waals surface area contributed by atoms with Crippen molar-refractivity contribution < 1.29 is 5.11 Å². The Balaban J connectivity index is 1.99. The van der Waals surface area contributed by atoms with Gasteiger partial charge in [-0.2, -0.15) is 0 Å². The molecule has 88 valence electrons. The van der Waals surface area contributed by atoms with Crippen molar-refractivity contribution in [1.82, 2.24) is 10.2 Å². The van der Waals surface area contributed by atoms with Gasteiger partial charge in [0, 0.05) is 30.1 Å². The van der Waals surface area contributed by atoms with Crippen LogP contribution in [0.1, 0.15) is 5.56 Å². The third kappa shape index (κ3) is 2.83. The molecule has 0 amide bonds. The number of aliphatic hydroxyl groups is 1. The molecule has 2 atom stereocenters. The molecule has 4 heteroatoms. The van der Waals surface area contributed by atoms with E-state index in [2.05, 4.69) is 45.3 Å². The van der Waals surface area contributed by atoms with Crippen LogP contribution in [0.15, 0.2) is 28.7 Å². The maximum absolute atomic E-state index is 9.78. The summed E-state index contributed by atoms with van der Waals surface area (Å²) in [6.07, 6.45) is -0.253. The number of likely N-dealkylation sites (N-methyl/N-ethyl adjacent to an activating group) is 1. The van der Waals surface area contributed by atoms with Crippen LogP contribution < -0.4 is 5.32 Å². The molecule has 1 aliphatic rings. The number of hydrogen-bond acceptors (Lipinski definition) is 3. The van der Waals surface area contributed by atoms with Gasteiger partial charge in [-0.1, -0.05) is 28.1 Å². The summed E-state index contributed by atoms with van der Waals surface area (Å²) >= 11 is 3.47.